The normalized spacial score (nSPS) is 9.91. The Labute approximate surface area is 132 Å². The van der Waals surface area contributed by atoms with E-state index in [4.69, 9.17) is 4.42 Å². The molecule has 112 valence electrons. The van der Waals surface area contributed by atoms with Crippen LogP contribution in [0.1, 0.15) is 15.9 Å². The van der Waals surface area contributed by atoms with Crippen molar-refractivity contribution in [3.8, 4) is 11.8 Å². The van der Waals surface area contributed by atoms with Crippen LogP contribution in [0.3, 0.4) is 0 Å². The number of rotatable bonds is 2. The molecular formula is C19H13NO3. The number of hydrogen-bond donors (Lipinski definition) is 1. The molecule has 0 unspecified atom stereocenters. The second-order valence-corrected chi connectivity index (χ2v) is 4.84. The van der Waals surface area contributed by atoms with Crippen LogP contribution in [-0.2, 0) is 0 Å². The van der Waals surface area contributed by atoms with Gasteiger partial charge in [0.2, 0.25) is 0 Å². The highest BCUT2D eigenvalue weighted by Gasteiger charge is 2.12. The third kappa shape index (κ3) is 3.47. The molecule has 2 aromatic carbocycles. The average molecular weight is 303 g/mol. The summed E-state index contributed by atoms with van der Waals surface area (Å²) < 4.78 is 5.14. The fourth-order valence-electron chi connectivity index (χ4n) is 2.11. The average Bonchev–Trinajstić information content (AvgIpc) is 2.59. The van der Waals surface area contributed by atoms with Crippen LogP contribution in [0.15, 0.2) is 69.9 Å². The van der Waals surface area contributed by atoms with E-state index in [0.29, 0.717) is 11.0 Å². The molecule has 0 aliphatic heterocycles. The number of carbonyl (C=O) groups excluding carboxylic acids is 1. The van der Waals surface area contributed by atoms with E-state index in [0.717, 1.165) is 5.56 Å². The molecule has 3 aromatic rings. The van der Waals surface area contributed by atoms with Gasteiger partial charge in [-0.2, -0.15) is 0 Å². The topological polar surface area (TPSA) is 59.3 Å². The lowest BCUT2D eigenvalue weighted by Gasteiger charge is -2.02. The summed E-state index contributed by atoms with van der Waals surface area (Å²) in [5, 5.41) is 3.30. The van der Waals surface area contributed by atoms with Crippen molar-refractivity contribution in [2.45, 2.75) is 0 Å². The number of fused-ring (bicyclic) bond motifs is 1. The first kappa shape index (κ1) is 14.6. The number of amides is 1. The van der Waals surface area contributed by atoms with E-state index in [1.807, 2.05) is 36.4 Å². The highest BCUT2D eigenvalue weighted by atomic mass is 16.4. The van der Waals surface area contributed by atoms with E-state index in [1.54, 1.807) is 18.2 Å². The van der Waals surface area contributed by atoms with Crippen molar-refractivity contribution in [3.05, 3.63) is 82.2 Å². The smallest absolute Gasteiger partial charge is 0.349 e. The maximum Gasteiger partial charge on any atom is 0.349 e. The van der Waals surface area contributed by atoms with Crippen molar-refractivity contribution < 1.29 is 9.21 Å². The standard InChI is InChI=1S/C19H13NO3/c21-18(20-12-6-9-14-7-2-1-3-8-14)16-13-15-10-4-5-11-17(15)23-19(16)22/h1-5,7-8,10-11,13H,12H2,(H,20,21). The summed E-state index contributed by atoms with van der Waals surface area (Å²) in [4.78, 5) is 23.9. The van der Waals surface area contributed by atoms with Crippen molar-refractivity contribution >= 4 is 16.9 Å². The van der Waals surface area contributed by atoms with Gasteiger partial charge in [0.15, 0.2) is 0 Å². The lowest BCUT2D eigenvalue weighted by atomic mass is 10.2. The minimum absolute atomic E-state index is 0.0230. The first-order valence-corrected chi connectivity index (χ1v) is 7.09. The molecule has 1 aromatic heterocycles. The summed E-state index contributed by atoms with van der Waals surface area (Å²) >= 11 is 0. The highest BCUT2D eigenvalue weighted by Crippen LogP contribution is 2.12. The minimum atomic E-state index is -0.655. The van der Waals surface area contributed by atoms with Crippen LogP contribution in [0.25, 0.3) is 11.0 Å². The number of benzene rings is 2. The molecule has 0 bridgehead atoms. The molecule has 0 atom stereocenters. The first-order chi connectivity index (χ1) is 11.2. The second kappa shape index (κ2) is 6.63. The molecule has 4 nitrogen and oxygen atoms in total. The van der Waals surface area contributed by atoms with Gasteiger partial charge in [-0.25, -0.2) is 4.79 Å². The number of carbonyl (C=O) groups is 1. The van der Waals surface area contributed by atoms with Crippen molar-refractivity contribution in [1.29, 1.82) is 0 Å². The molecule has 0 aliphatic carbocycles. The molecule has 3 rings (SSSR count). The minimum Gasteiger partial charge on any atom is -0.422 e. The van der Waals surface area contributed by atoms with Crippen LogP contribution >= 0.6 is 0 Å². The zero-order valence-electron chi connectivity index (χ0n) is 12.2. The zero-order chi connectivity index (χ0) is 16.1. The monoisotopic (exact) mass is 303 g/mol. The van der Waals surface area contributed by atoms with Gasteiger partial charge in [-0.05, 0) is 24.3 Å². The van der Waals surface area contributed by atoms with Gasteiger partial charge >= 0.3 is 5.63 Å². The Balaban J connectivity index is 1.73. The Morgan fingerprint density at radius 2 is 1.78 bits per heavy atom. The van der Waals surface area contributed by atoms with Crippen molar-refractivity contribution in [2.75, 3.05) is 6.54 Å². The van der Waals surface area contributed by atoms with Gasteiger partial charge in [0, 0.05) is 10.9 Å². The summed E-state index contributed by atoms with van der Waals surface area (Å²) in [6.45, 7) is 0.153. The van der Waals surface area contributed by atoms with Crippen LogP contribution in [0.4, 0.5) is 0 Å². The lowest BCUT2D eigenvalue weighted by molar-refractivity contribution is 0.0955. The Morgan fingerprint density at radius 1 is 1.04 bits per heavy atom. The molecule has 0 saturated carbocycles. The maximum absolute atomic E-state index is 12.1. The van der Waals surface area contributed by atoms with Crippen molar-refractivity contribution in [2.24, 2.45) is 0 Å². The van der Waals surface area contributed by atoms with Crippen molar-refractivity contribution in [1.82, 2.24) is 5.32 Å². The summed E-state index contributed by atoms with van der Waals surface area (Å²) in [6.07, 6.45) is 0. The van der Waals surface area contributed by atoms with Crippen LogP contribution < -0.4 is 10.9 Å². The molecule has 0 radical (unpaired) electrons. The first-order valence-electron chi connectivity index (χ1n) is 7.09. The summed E-state index contributed by atoms with van der Waals surface area (Å²) in [5.74, 6) is 5.28. The van der Waals surface area contributed by atoms with E-state index in [1.165, 1.54) is 6.07 Å². The number of hydrogen-bond acceptors (Lipinski definition) is 3. The van der Waals surface area contributed by atoms with E-state index >= 15 is 0 Å². The van der Waals surface area contributed by atoms with Gasteiger partial charge in [-0.15, -0.1) is 0 Å². The van der Waals surface area contributed by atoms with Crippen molar-refractivity contribution in [3.63, 3.8) is 0 Å². The molecule has 0 fully saturated rings. The van der Waals surface area contributed by atoms with E-state index in [2.05, 4.69) is 17.2 Å². The Kier molecular flexibility index (Phi) is 4.21. The summed E-state index contributed by atoms with van der Waals surface area (Å²) in [7, 11) is 0. The van der Waals surface area contributed by atoms with Gasteiger partial charge in [-0.1, -0.05) is 48.2 Å². The Morgan fingerprint density at radius 3 is 2.61 bits per heavy atom. The van der Waals surface area contributed by atoms with Crippen LogP contribution in [0.5, 0.6) is 0 Å². The molecule has 1 N–H and O–H groups in total. The molecule has 0 spiro atoms. The summed E-state index contributed by atoms with van der Waals surface area (Å²) in [5.41, 5.74) is 0.646. The SMILES string of the molecule is O=C(NCC#Cc1ccccc1)c1cc2ccccc2oc1=O. The van der Waals surface area contributed by atoms with Crippen LogP contribution in [0.2, 0.25) is 0 Å². The molecule has 0 saturated heterocycles. The maximum atomic E-state index is 12.1. The molecule has 4 heteroatoms. The van der Waals surface area contributed by atoms with Crippen LogP contribution in [0, 0.1) is 11.8 Å². The van der Waals surface area contributed by atoms with Gasteiger partial charge in [0.25, 0.3) is 5.91 Å². The molecule has 0 aliphatic rings. The third-order valence-electron chi connectivity index (χ3n) is 3.23. The molecule has 1 amide bonds. The lowest BCUT2D eigenvalue weighted by Crippen LogP contribution is -2.28. The predicted octanol–water partition coefficient (Wildman–Crippen LogP) is 2.57. The van der Waals surface area contributed by atoms with E-state index < -0.39 is 11.5 Å². The molecule has 1 heterocycles. The highest BCUT2D eigenvalue weighted by molar-refractivity contribution is 5.96. The van der Waals surface area contributed by atoms with Gasteiger partial charge in [-0.3, -0.25) is 4.79 Å². The van der Waals surface area contributed by atoms with Gasteiger partial charge in [0.05, 0.1) is 6.54 Å². The van der Waals surface area contributed by atoms with E-state index in [9.17, 15) is 9.59 Å². The number of nitrogens with one attached hydrogen (secondary N) is 1. The second-order valence-electron chi connectivity index (χ2n) is 4.84. The van der Waals surface area contributed by atoms with Crippen LogP contribution in [-0.4, -0.2) is 12.5 Å². The molecular weight excluding hydrogens is 290 g/mol. The summed E-state index contributed by atoms with van der Waals surface area (Å²) in [6, 6.07) is 18.0. The van der Waals surface area contributed by atoms with E-state index in [-0.39, 0.29) is 12.1 Å². The Hall–Kier alpha value is -3.32. The fraction of sp³-hybridized carbons (Fsp3) is 0.0526. The largest absolute Gasteiger partial charge is 0.422 e. The Bertz CT molecular complexity index is 962. The number of para-hydroxylation sites is 1. The van der Waals surface area contributed by atoms with Gasteiger partial charge < -0.3 is 9.73 Å². The molecule has 23 heavy (non-hydrogen) atoms. The van der Waals surface area contributed by atoms with Gasteiger partial charge in [0.1, 0.15) is 11.1 Å². The quantitative estimate of drug-likeness (QED) is 0.585. The predicted molar refractivity (Wildman–Crippen MR) is 88.1 cm³/mol. The third-order valence-corrected chi connectivity index (χ3v) is 3.23. The zero-order valence-corrected chi connectivity index (χ0v) is 12.2. The fourth-order valence-corrected chi connectivity index (χ4v) is 2.11.